The van der Waals surface area contributed by atoms with E-state index in [1.54, 1.807) is 36.1 Å². The summed E-state index contributed by atoms with van der Waals surface area (Å²) >= 11 is 2.66. The lowest BCUT2D eigenvalue weighted by Crippen LogP contribution is -2.12. The van der Waals surface area contributed by atoms with E-state index in [1.807, 2.05) is 6.92 Å². The smallest absolute Gasteiger partial charge is 0.387 e. The number of alkyl halides is 2. The number of hydrogen-bond acceptors (Lipinski definition) is 7. The van der Waals surface area contributed by atoms with Crippen LogP contribution in [0, 0.1) is 6.92 Å². The van der Waals surface area contributed by atoms with Gasteiger partial charge >= 0.3 is 6.61 Å². The molecule has 3 aromatic heterocycles. The van der Waals surface area contributed by atoms with Crippen molar-refractivity contribution in [1.29, 1.82) is 0 Å². The predicted octanol–water partition coefficient (Wildman–Crippen LogP) is 5.69. The molecule has 0 radical (unpaired) electrons. The zero-order valence-corrected chi connectivity index (χ0v) is 16.5. The molecular formula is C19H13F2N3O3S2. The van der Waals surface area contributed by atoms with Crippen molar-refractivity contribution < 1.29 is 22.7 Å². The standard InChI is InChI=1S/C19H13F2N3O3S2/c1-10-15(11-2-4-13(5-3-11)27-18(20)21)23-19(29-10)24-16(25)14-9-28-17(22-14)12-6-7-26-8-12/h2-9,18H,1H3,(H,23,24,25). The Bertz CT molecular complexity index is 1120. The highest BCUT2D eigenvalue weighted by Crippen LogP contribution is 2.32. The third-order valence-corrected chi connectivity index (χ3v) is 5.65. The average molecular weight is 433 g/mol. The number of anilines is 1. The van der Waals surface area contributed by atoms with E-state index in [1.165, 1.54) is 34.8 Å². The van der Waals surface area contributed by atoms with Crippen molar-refractivity contribution in [3.05, 3.63) is 58.8 Å². The van der Waals surface area contributed by atoms with Gasteiger partial charge in [-0.2, -0.15) is 8.78 Å². The molecule has 4 aromatic rings. The van der Waals surface area contributed by atoms with Crippen LogP contribution in [0.4, 0.5) is 13.9 Å². The van der Waals surface area contributed by atoms with E-state index in [0.717, 1.165) is 16.0 Å². The number of aryl methyl sites for hydroxylation is 1. The average Bonchev–Trinajstić information content (AvgIpc) is 3.42. The van der Waals surface area contributed by atoms with E-state index in [2.05, 4.69) is 20.0 Å². The summed E-state index contributed by atoms with van der Waals surface area (Å²) in [6.45, 7) is -1.00. The molecule has 4 rings (SSSR count). The number of nitrogens with zero attached hydrogens (tertiary/aromatic N) is 2. The summed E-state index contributed by atoms with van der Waals surface area (Å²) in [5, 5.41) is 5.53. The van der Waals surface area contributed by atoms with Gasteiger partial charge in [0.25, 0.3) is 5.91 Å². The van der Waals surface area contributed by atoms with Gasteiger partial charge < -0.3 is 9.15 Å². The van der Waals surface area contributed by atoms with Gasteiger partial charge in [-0.25, -0.2) is 9.97 Å². The molecule has 0 aliphatic heterocycles. The fourth-order valence-electron chi connectivity index (χ4n) is 2.57. The van der Waals surface area contributed by atoms with Crippen LogP contribution in [0.2, 0.25) is 0 Å². The first-order valence-electron chi connectivity index (χ1n) is 8.32. The number of furan rings is 1. The van der Waals surface area contributed by atoms with Gasteiger partial charge in [-0.15, -0.1) is 22.7 Å². The van der Waals surface area contributed by atoms with Gasteiger partial charge in [0.15, 0.2) is 5.13 Å². The number of hydrogen-bond donors (Lipinski definition) is 1. The first-order valence-corrected chi connectivity index (χ1v) is 10.0. The lowest BCUT2D eigenvalue weighted by molar-refractivity contribution is -0.0498. The summed E-state index contributed by atoms with van der Waals surface area (Å²) in [4.78, 5) is 22.1. The summed E-state index contributed by atoms with van der Waals surface area (Å²) < 4.78 is 33.9. The molecule has 0 fully saturated rings. The minimum atomic E-state index is -2.87. The molecule has 0 aliphatic rings. The maximum absolute atomic E-state index is 12.5. The van der Waals surface area contributed by atoms with E-state index in [0.29, 0.717) is 15.8 Å². The first-order chi connectivity index (χ1) is 14.0. The summed E-state index contributed by atoms with van der Waals surface area (Å²) in [5.41, 5.74) is 2.48. The lowest BCUT2D eigenvalue weighted by Gasteiger charge is -2.05. The van der Waals surface area contributed by atoms with Crippen molar-refractivity contribution >= 4 is 33.7 Å². The lowest BCUT2D eigenvalue weighted by atomic mass is 10.1. The predicted molar refractivity (Wildman–Crippen MR) is 107 cm³/mol. The fourth-order valence-corrected chi connectivity index (χ4v) is 4.19. The molecule has 29 heavy (non-hydrogen) atoms. The SMILES string of the molecule is Cc1sc(NC(=O)c2csc(-c3ccoc3)n2)nc1-c1ccc(OC(F)F)cc1. The number of aromatic nitrogens is 2. The summed E-state index contributed by atoms with van der Waals surface area (Å²) in [5.74, 6) is -0.293. The molecule has 148 valence electrons. The third kappa shape index (κ3) is 4.33. The molecule has 1 N–H and O–H groups in total. The monoisotopic (exact) mass is 433 g/mol. The highest BCUT2D eigenvalue weighted by Gasteiger charge is 2.16. The molecule has 10 heteroatoms. The molecule has 0 bridgehead atoms. The van der Waals surface area contributed by atoms with Gasteiger partial charge in [-0.3, -0.25) is 10.1 Å². The molecule has 0 unspecified atom stereocenters. The van der Waals surface area contributed by atoms with Crippen LogP contribution in [-0.2, 0) is 0 Å². The van der Waals surface area contributed by atoms with Gasteiger partial charge in [0.1, 0.15) is 22.7 Å². The van der Waals surface area contributed by atoms with Gasteiger partial charge in [0.2, 0.25) is 0 Å². The molecule has 1 aromatic carbocycles. The number of ether oxygens (including phenoxy) is 1. The molecule has 1 amide bonds. The van der Waals surface area contributed by atoms with E-state index in [-0.39, 0.29) is 17.4 Å². The molecular weight excluding hydrogens is 420 g/mol. The molecule has 0 atom stereocenters. The fraction of sp³-hybridized carbons (Fsp3) is 0.105. The normalized spacial score (nSPS) is 11.0. The van der Waals surface area contributed by atoms with Gasteiger partial charge in [0.05, 0.1) is 12.0 Å². The summed E-state index contributed by atoms with van der Waals surface area (Å²) in [6.07, 6.45) is 3.11. The Hall–Kier alpha value is -3.11. The van der Waals surface area contributed by atoms with Crippen LogP contribution < -0.4 is 10.1 Å². The van der Waals surface area contributed by atoms with Crippen LogP contribution in [0.3, 0.4) is 0 Å². The van der Waals surface area contributed by atoms with E-state index in [9.17, 15) is 13.6 Å². The minimum absolute atomic E-state index is 0.0714. The highest BCUT2D eigenvalue weighted by atomic mass is 32.1. The van der Waals surface area contributed by atoms with Crippen LogP contribution in [0.25, 0.3) is 21.8 Å². The van der Waals surface area contributed by atoms with E-state index in [4.69, 9.17) is 4.42 Å². The molecule has 0 aliphatic carbocycles. The summed E-state index contributed by atoms with van der Waals surface area (Å²) in [6, 6.07) is 7.96. The maximum Gasteiger partial charge on any atom is 0.387 e. The second-order valence-corrected chi connectivity index (χ2v) is 7.89. The Balaban J connectivity index is 1.48. The number of thiazole rings is 2. The molecule has 0 saturated carbocycles. The second kappa shape index (κ2) is 8.10. The number of amides is 1. The van der Waals surface area contributed by atoms with Crippen LogP contribution in [0.5, 0.6) is 5.75 Å². The van der Waals surface area contributed by atoms with Crippen molar-refractivity contribution in [2.24, 2.45) is 0 Å². The Morgan fingerprint density at radius 3 is 2.66 bits per heavy atom. The third-order valence-electron chi connectivity index (χ3n) is 3.87. The Kier molecular flexibility index (Phi) is 5.36. The van der Waals surface area contributed by atoms with Crippen molar-refractivity contribution in [3.63, 3.8) is 0 Å². The van der Waals surface area contributed by atoms with Crippen molar-refractivity contribution in [2.45, 2.75) is 13.5 Å². The van der Waals surface area contributed by atoms with Crippen LogP contribution >= 0.6 is 22.7 Å². The molecule has 6 nitrogen and oxygen atoms in total. The van der Waals surface area contributed by atoms with E-state index >= 15 is 0 Å². The van der Waals surface area contributed by atoms with E-state index < -0.39 is 6.61 Å². The Morgan fingerprint density at radius 1 is 1.17 bits per heavy atom. The van der Waals surface area contributed by atoms with Crippen LogP contribution in [0.15, 0.2) is 52.7 Å². The van der Waals surface area contributed by atoms with Crippen molar-refractivity contribution in [3.8, 4) is 27.6 Å². The highest BCUT2D eigenvalue weighted by molar-refractivity contribution is 7.16. The largest absolute Gasteiger partial charge is 0.472 e. The zero-order valence-electron chi connectivity index (χ0n) is 14.9. The van der Waals surface area contributed by atoms with Crippen LogP contribution in [0.1, 0.15) is 15.4 Å². The number of nitrogens with one attached hydrogen (secondary N) is 1. The quantitative estimate of drug-likeness (QED) is 0.423. The number of benzene rings is 1. The number of rotatable bonds is 6. The van der Waals surface area contributed by atoms with Crippen LogP contribution in [-0.4, -0.2) is 22.5 Å². The number of carbonyl (C=O) groups excluding carboxylic acids is 1. The van der Waals surface area contributed by atoms with Gasteiger partial charge in [-0.1, -0.05) is 0 Å². The number of halogens is 2. The van der Waals surface area contributed by atoms with Crippen molar-refractivity contribution in [1.82, 2.24) is 9.97 Å². The Morgan fingerprint density at radius 2 is 1.97 bits per heavy atom. The maximum atomic E-state index is 12.5. The molecule has 0 saturated heterocycles. The van der Waals surface area contributed by atoms with Crippen molar-refractivity contribution in [2.75, 3.05) is 5.32 Å². The topological polar surface area (TPSA) is 77.3 Å². The minimum Gasteiger partial charge on any atom is -0.472 e. The molecule has 3 heterocycles. The number of carbonyl (C=O) groups is 1. The molecule has 0 spiro atoms. The zero-order chi connectivity index (χ0) is 20.4. The Labute approximate surface area is 171 Å². The second-order valence-electron chi connectivity index (χ2n) is 5.83. The first kappa shape index (κ1) is 19.2. The van der Waals surface area contributed by atoms with Gasteiger partial charge in [0, 0.05) is 21.4 Å². The van der Waals surface area contributed by atoms with Gasteiger partial charge in [-0.05, 0) is 37.3 Å². The summed E-state index contributed by atoms with van der Waals surface area (Å²) in [7, 11) is 0.